The van der Waals surface area contributed by atoms with E-state index < -0.39 is 6.10 Å². The first-order chi connectivity index (χ1) is 13.7. The van der Waals surface area contributed by atoms with Crippen LogP contribution in [0.3, 0.4) is 0 Å². The van der Waals surface area contributed by atoms with E-state index in [-0.39, 0.29) is 17.5 Å². The Kier molecular flexibility index (Phi) is 3.87. The van der Waals surface area contributed by atoms with Gasteiger partial charge in [0.25, 0.3) is 0 Å². The van der Waals surface area contributed by atoms with Gasteiger partial charge in [-0.1, -0.05) is 72.8 Å². The minimum absolute atomic E-state index is 0.0426. The Bertz CT molecular complexity index is 1160. The van der Waals surface area contributed by atoms with Gasteiger partial charge in [0, 0.05) is 11.1 Å². The monoisotopic (exact) mass is 366 g/mol. The quantitative estimate of drug-likeness (QED) is 0.499. The largest absolute Gasteiger partial charge is 0.508 e. The zero-order valence-electron chi connectivity index (χ0n) is 15.1. The highest BCUT2D eigenvalue weighted by Crippen LogP contribution is 2.47. The summed E-state index contributed by atoms with van der Waals surface area (Å²) in [7, 11) is 0. The van der Waals surface area contributed by atoms with Crippen molar-refractivity contribution < 1.29 is 14.6 Å². The van der Waals surface area contributed by atoms with E-state index in [1.807, 2.05) is 66.7 Å². The molecule has 2 atom stereocenters. The lowest BCUT2D eigenvalue weighted by Crippen LogP contribution is -2.30. The summed E-state index contributed by atoms with van der Waals surface area (Å²) in [6.07, 6.45) is -0.646. The SMILES string of the molecule is O=C(c1ccccc1)[C@H]1Oc2ccc3ccccc3c2[C@@H]1c1ccc(O)cc1. The van der Waals surface area contributed by atoms with Gasteiger partial charge < -0.3 is 9.84 Å². The zero-order chi connectivity index (χ0) is 19.1. The van der Waals surface area contributed by atoms with Crippen LogP contribution in [0.2, 0.25) is 0 Å². The van der Waals surface area contributed by atoms with E-state index in [9.17, 15) is 9.90 Å². The molecule has 5 rings (SSSR count). The fourth-order valence-electron chi connectivity index (χ4n) is 4.05. The van der Waals surface area contributed by atoms with E-state index in [4.69, 9.17) is 4.74 Å². The van der Waals surface area contributed by atoms with Crippen LogP contribution in [-0.4, -0.2) is 17.0 Å². The van der Waals surface area contributed by atoms with Gasteiger partial charge in [-0.3, -0.25) is 4.79 Å². The fourth-order valence-corrected chi connectivity index (χ4v) is 4.05. The van der Waals surface area contributed by atoms with Crippen molar-refractivity contribution in [1.82, 2.24) is 0 Å². The zero-order valence-corrected chi connectivity index (χ0v) is 15.1. The summed E-state index contributed by atoms with van der Waals surface area (Å²) < 4.78 is 6.22. The third-order valence-electron chi connectivity index (χ3n) is 5.37. The Morgan fingerprint density at radius 3 is 2.29 bits per heavy atom. The third-order valence-corrected chi connectivity index (χ3v) is 5.37. The number of hydrogen-bond acceptors (Lipinski definition) is 3. The first-order valence-electron chi connectivity index (χ1n) is 9.29. The number of carbonyl (C=O) groups excluding carboxylic acids is 1. The average Bonchev–Trinajstić information content (AvgIpc) is 3.14. The summed E-state index contributed by atoms with van der Waals surface area (Å²) in [5.41, 5.74) is 2.61. The molecule has 4 aromatic rings. The molecule has 0 aliphatic carbocycles. The second-order valence-corrected chi connectivity index (χ2v) is 7.04. The van der Waals surface area contributed by atoms with Crippen molar-refractivity contribution in [3.8, 4) is 11.5 Å². The number of phenols is 1. The number of ketones is 1. The van der Waals surface area contributed by atoms with Gasteiger partial charge in [-0.2, -0.15) is 0 Å². The topological polar surface area (TPSA) is 46.5 Å². The molecule has 0 amide bonds. The Morgan fingerprint density at radius 1 is 0.786 bits per heavy atom. The van der Waals surface area contributed by atoms with Gasteiger partial charge in [-0.25, -0.2) is 0 Å². The molecular weight excluding hydrogens is 348 g/mol. The lowest BCUT2D eigenvalue weighted by atomic mass is 9.83. The molecule has 136 valence electrons. The average molecular weight is 366 g/mol. The standard InChI is InChI=1S/C25H18O3/c26-19-13-10-17(11-14-19)22-23-20-9-5-4-6-16(20)12-15-21(23)28-25(22)24(27)18-7-2-1-3-8-18/h1-15,22,25-26H/t22-,25-/m0/s1. The first-order valence-corrected chi connectivity index (χ1v) is 9.29. The van der Waals surface area contributed by atoms with Gasteiger partial charge in [-0.05, 0) is 34.5 Å². The Labute approximate surface area is 162 Å². The summed E-state index contributed by atoms with van der Waals surface area (Å²) >= 11 is 0. The minimum atomic E-state index is -0.646. The number of benzene rings is 4. The molecule has 1 N–H and O–H groups in total. The van der Waals surface area contributed by atoms with Gasteiger partial charge in [0.15, 0.2) is 6.10 Å². The predicted molar refractivity (Wildman–Crippen MR) is 109 cm³/mol. The van der Waals surface area contributed by atoms with E-state index in [1.54, 1.807) is 12.1 Å². The van der Waals surface area contributed by atoms with Crippen molar-refractivity contribution >= 4 is 16.6 Å². The fraction of sp³-hybridized carbons (Fsp3) is 0.0800. The van der Waals surface area contributed by atoms with E-state index in [0.29, 0.717) is 5.56 Å². The van der Waals surface area contributed by atoms with Crippen molar-refractivity contribution in [3.05, 3.63) is 108 Å². The summed E-state index contributed by atoms with van der Waals surface area (Å²) in [5, 5.41) is 11.9. The number of ether oxygens (including phenoxy) is 1. The number of phenolic OH excluding ortho intramolecular Hbond substituents is 1. The van der Waals surface area contributed by atoms with Crippen LogP contribution in [0.4, 0.5) is 0 Å². The smallest absolute Gasteiger partial charge is 0.204 e. The molecule has 0 saturated heterocycles. The van der Waals surface area contributed by atoms with Crippen LogP contribution in [0, 0.1) is 0 Å². The number of fused-ring (bicyclic) bond motifs is 3. The van der Waals surface area contributed by atoms with Crippen LogP contribution in [-0.2, 0) is 0 Å². The Morgan fingerprint density at radius 2 is 1.50 bits per heavy atom. The lowest BCUT2D eigenvalue weighted by molar-refractivity contribution is 0.0807. The highest BCUT2D eigenvalue weighted by molar-refractivity contribution is 6.02. The minimum Gasteiger partial charge on any atom is -0.508 e. The molecule has 28 heavy (non-hydrogen) atoms. The second kappa shape index (κ2) is 6.54. The molecule has 0 saturated carbocycles. The second-order valence-electron chi connectivity index (χ2n) is 7.04. The maximum Gasteiger partial charge on any atom is 0.204 e. The summed E-state index contributed by atoms with van der Waals surface area (Å²) in [4.78, 5) is 13.3. The van der Waals surface area contributed by atoms with E-state index in [0.717, 1.165) is 27.6 Å². The van der Waals surface area contributed by atoms with Gasteiger partial charge in [0.05, 0.1) is 5.92 Å². The lowest BCUT2D eigenvalue weighted by Gasteiger charge is -2.19. The van der Waals surface area contributed by atoms with Crippen LogP contribution in [0.25, 0.3) is 10.8 Å². The molecular formula is C25H18O3. The van der Waals surface area contributed by atoms with Gasteiger partial charge in [0.1, 0.15) is 11.5 Å². The Balaban J connectivity index is 1.70. The van der Waals surface area contributed by atoms with E-state index in [1.165, 1.54) is 0 Å². The molecule has 4 aromatic carbocycles. The normalized spacial score (nSPS) is 17.9. The molecule has 1 aliphatic heterocycles. The molecule has 1 heterocycles. The van der Waals surface area contributed by atoms with Crippen molar-refractivity contribution in [1.29, 1.82) is 0 Å². The molecule has 0 aromatic heterocycles. The van der Waals surface area contributed by atoms with Crippen molar-refractivity contribution in [2.45, 2.75) is 12.0 Å². The molecule has 3 heteroatoms. The maximum absolute atomic E-state index is 13.3. The van der Waals surface area contributed by atoms with E-state index in [2.05, 4.69) is 12.1 Å². The first kappa shape index (κ1) is 16.6. The third kappa shape index (κ3) is 2.64. The van der Waals surface area contributed by atoms with E-state index >= 15 is 0 Å². The molecule has 0 spiro atoms. The van der Waals surface area contributed by atoms with Crippen LogP contribution >= 0.6 is 0 Å². The molecule has 1 aliphatic rings. The predicted octanol–water partition coefficient (Wildman–Crippen LogP) is 5.32. The molecule has 0 bridgehead atoms. The van der Waals surface area contributed by atoms with Crippen LogP contribution in [0.15, 0.2) is 91.0 Å². The van der Waals surface area contributed by atoms with Gasteiger partial charge in [0.2, 0.25) is 5.78 Å². The molecule has 0 radical (unpaired) electrons. The number of aromatic hydroxyl groups is 1. The van der Waals surface area contributed by atoms with Crippen molar-refractivity contribution in [2.24, 2.45) is 0 Å². The highest BCUT2D eigenvalue weighted by Gasteiger charge is 2.41. The number of rotatable bonds is 3. The number of Topliss-reactive ketones (excluding diaryl/α,β-unsaturated/α-hetero) is 1. The van der Waals surface area contributed by atoms with Crippen molar-refractivity contribution in [2.75, 3.05) is 0 Å². The summed E-state index contributed by atoms with van der Waals surface area (Å²) in [6, 6.07) is 28.4. The summed E-state index contributed by atoms with van der Waals surface area (Å²) in [6.45, 7) is 0. The number of hydrogen-bond donors (Lipinski definition) is 1. The van der Waals surface area contributed by atoms with Crippen molar-refractivity contribution in [3.63, 3.8) is 0 Å². The summed E-state index contributed by atoms with van der Waals surface area (Å²) in [5.74, 6) is 0.658. The van der Waals surface area contributed by atoms with Crippen LogP contribution in [0.5, 0.6) is 11.5 Å². The molecule has 3 nitrogen and oxygen atoms in total. The van der Waals surface area contributed by atoms with Crippen LogP contribution < -0.4 is 4.74 Å². The number of carbonyl (C=O) groups is 1. The van der Waals surface area contributed by atoms with Gasteiger partial charge in [-0.15, -0.1) is 0 Å². The highest BCUT2D eigenvalue weighted by atomic mass is 16.5. The Hall–Kier alpha value is -3.59. The molecule has 0 fully saturated rings. The van der Waals surface area contributed by atoms with Crippen LogP contribution in [0.1, 0.15) is 27.4 Å². The maximum atomic E-state index is 13.3. The molecule has 0 unspecified atom stereocenters. The van der Waals surface area contributed by atoms with Gasteiger partial charge >= 0.3 is 0 Å².